The first-order chi connectivity index (χ1) is 19.6. The van der Waals surface area contributed by atoms with E-state index in [2.05, 4.69) is 56.2 Å². The zero-order chi connectivity index (χ0) is 28.9. The van der Waals surface area contributed by atoms with Crippen LogP contribution in [0.4, 0.5) is 0 Å². The Labute approximate surface area is 248 Å². The average molecular weight is 572 g/mol. The number of halogens is 1. The second kappa shape index (κ2) is 10.6. The maximum Gasteiger partial charge on any atom is 0.256 e. The van der Waals surface area contributed by atoms with Gasteiger partial charge < -0.3 is 20.3 Å². The molecule has 2 aliphatic carbocycles. The van der Waals surface area contributed by atoms with Gasteiger partial charge in [0.2, 0.25) is 0 Å². The lowest BCUT2D eigenvalue weighted by Gasteiger charge is -2.65. The van der Waals surface area contributed by atoms with Gasteiger partial charge in [-0.15, -0.1) is 0 Å². The van der Waals surface area contributed by atoms with Crippen molar-refractivity contribution in [2.45, 2.75) is 84.2 Å². The SMILES string of the molecule is CC1(C)C(Oc2ccc(C#N)c(Cl)c2)C(C)(C)C1N1Cc2nc(C#CC3CC(NC4CCNCC4)C3)ccc2C1=O. The molecule has 2 aromatic rings. The zero-order valence-electron chi connectivity index (χ0n) is 24.3. The fourth-order valence-electron chi connectivity index (χ4n) is 7.86. The number of nitrogens with one attached hydrogen (secondary N) is 2. The Morgan fingerprint density at radius 1 is 1.10 bits per heavy atom. The topological polar surface area (TPSA) is 90.3 Å². The highest BCUT2D eigenvalue weighted by Crippen LogP contribution is 2.59. The molecule has 0 atom stereocenters. The van der Waals surface area contributed by atoms with Gasteiger partial charge in [-0.3, -0.25) is 4.79 Å². The van der Waals surface area contributed by atoms with E-state index in [-0.39, 0.29) is 28.9 Å². The number of ether oxygens (including phenoxy) is 1. The predicted molar refractivity (Wildman–Crippen MR) is 158 cm³/mol. The summed E-state index contributed by atoms with van der Waals surface area (Å²) in [5.74, 6) is 7.75. The van der Waals surface area contributed by atoms with Gasteiger partial charge in [-0.25, -0.2) is 4.98 Å². The van der Waals surface area contributed by atoms with E-state index in [1.165, 1.54) is 12.8 Å². The molecule has 214 valence electrons. The number of aromatic nitrogens is 1. The number of piperidine rings is 1. The highest BCUT2D eigenvalue weighted by atomic mass is 35.5. The number of carbonyl (C=O) groups is 1. The number of benzene rings is 1. The zero-order valence-corrected chi connectivity index (χ0v) is 25.0. The monoisotopic (exact) mass is 571 g/mol. The van der Waals surface area contributed by atoms with Crippen LogP contribution in [0.3, 0.4) is 0 Å². The van der Waals surface area contributed by atoms with Gasteiger partial charge in [0, 0.05) is 40.9 Å². The molecule has 1 aromatic carbocycles. The van der Waals surface area contributed by atoms with Gasteiger partial charge in [0.15, 0.2) is 0 Å². The molecule has 2 N–H and O–H groups in total. The molecule has 0 bridgehead atoms. The van der Waals surface area contributed by atoms with Crippen LogP contribution < -0.4 is 15.4 Å². The van der Waals surface area contributed by atoms with E-state index in [1.54, 1.807) is 18.2 Å². The largest absolute Gasteiger partial charge is 0.489 e. The first kappa shape index (κ1) is 28.0. The Hall–Kier alpha value is -3.10. The first-order valence-corrected chi connectivity index (χ1v) is 15.1. The Morgan fingerprint density at radius 3 is 2.51 bits per heavy atom. The summed E-state index contributed by atoms with van der Waals surface area (Å²) < 4.78 is 6.43. The highest BCUT2D eigenvalue weighted by Gasteiger charge is 2.67. The summed E-state index contributed by atoms with van der Waals surface area (Å²) >= 11 is 6.25. The van der Waals surface area contributed by atoms with Crippen LogP contribution in [-0.2, 0) is 6.54 Å². The van der Waals surface area contributed by atoms with Crippen molar-refractivity contribution in [1.29, 1.82) is 5.26 Å². The molecule has 0 radical (unpaired) electrons. The summed E-state index contributed by atoms with van der Waals surface area (Å²) in [6.07, 6.45) is 4.45. The van der Waals surface area contributed by atoms with Crippen LogP contribution in [0.25, 0.3) is 0 Å². The number of nitriles is 1. The fourth-order valence-corrected chi connectivity index (χ4v) is 8.08. The van der Waals surface area contributed by atoms with Crippen molar-refractivity contribution in [2.24, 2.45) is 16.7 Å². The van der Waals surface area contributed by atoms with Crippen LogP contribution in [-0.4, -0.2) is 53.1 Å². The van der Waals surface area contributed by atoms with Gasteiger partial charge in [-0.1, -0.05) is 45.2 Å². The molecular formula is C33H38ClN5O2. The number of carbonyl (C=O) groups excluding carboxylic acids is 1. The van der Waals surface area contributed by atoms with Gasteiger partial charge in [-0.05, 0) is 69.0 Å². The maximum absolute atomic E-state index is 13.6. The van der Waals surface area contributed by atoms with Gasteiger partial charge in [-0.2, -0.15) is 5.26 Å². The lowest BCUT2D eigenvalue weighted by molar-refractivity contribution is -0.199. The number of nitrogens with zero attached hydrogens (tertiary/aromatic N) is 3. The summed E-state index contributed by atoms with van der Waals surface area (Å²) in [6.45, 7) is 11.3. The van der Waals surface area contributed by atoms with Crippen molar-refractivity contribution < 1.29 is 9.53 Å². The molecule has 1 amide bonds. The van der Waals surface area contributed by atoms with E-state index in [0.29, 0.717) is 46.4 Å². The Balaban J connectivity index is 1.10. The van der Waals surface area contributed by atoms with Crippen molar-refractivity contribution in [3.8, 4) is 23.7 Å². The molecular weight excluding hydrogens is 534 g/mol. The van der Waals surface area contributed by atoms with Crippen LogP contribution in [0.1, 0.15) is 80.7 Å². The second-order valence-electron chi connectivity index (χ2n) is 13.2. The minimum atomic E-state index is -0.312. The number of fused-ring (bicyclic) bond motifs is 1. The first-order valence-electron chi connectivity index (χ1n) is 14.7. The molecule has 2 saturated carbocycles. The standard InChI is InChI=1S/C33H38ClN5O2/c1-32(2)30(33(3,4)31(32)41-25-9-6-21(18-35)27(34)17-25)39-19-28-26(29(39)40)10-8-22(38-28)7-5-20-15-24(16-20)37-23-11-13-36-14-12-23/h6,8-10,17,20,23-24,30-31,36-37H,11-16,19H2,1-4H3. The molecule has 3 heterocycles. The van der Waals surface area contributed by atoms with E-state index in [4.69, 9.17) is 21.3 Å². The van der Waals surface area contributed by atoms with Crippen LogP contribution in [0.15, 0.2) is 30.3 Å². The number of hydrogen-bond acceptors (Lipinski definition) is 6. The Morgan fingerprint density at radius 2 is 1.83 bits per heavy atom. The molecule has 1 aromatic heterocycles. The molecule has 1 saturated heterocycles. The molecule has 8 heteroatoms. The maximum atomic E-state index is 13.6. The van der Waals surface area contributed by atoms with Gasteiger partial charge in [0.1, 0.15) is 23.6 Å². The summed E-state index contributed by atoms with van der Waals surface area (Å²) in [5, 5.41) is 16.8. The summed E-state index contributed by atoms with van der Waals surface area (Å²) in [6, 6.07) is 12.2. The second-order valence-corrected chi connectivity index (χ2v) is 13.7. The summed E-state index contributed by atoms with van der Waals surface area (Å²) in [7, 11) is 0. The number of amides is 1. The third-order valence-corrected chi connectivity index (χ3v) is 9.84. The van der Waals surface area contributed by atoms with Crippen molar-refractivity contribution >= 4 is 17.5 Å². The molecule has 4 aliphatic rings. The van der Waals surface area contributed by atoms with E-state index < -0.39 is 0 Å². The van der Waals surface area contributed by atoms with Crippen LogP contribution in [0, 0.1) is 39.9 Å². The smallest absolute Gasteiger partial charge is 0.256 e. The Kier molecular flexibility index (Phi) is 7.27. The lowest BCUT2D eigenvalue weighted by atomic mass is 9.49. The number of pyridine rings is 1. The van der Waals surface area contributed by atoms with Crippen molar-refractivity contribution in [2.75, 3.05) is 13.1 Å². The van der Waals surface area contributed by atoms with Gasteiger partial charge in [0.25, 0.3) is 5.91 Å². The van der Waals surface area contributed by atoms with Crippen molar-refractivity contribution in [3.05, 3.63) is 57.9 Å². The lowest BCUT2D eigenvalue weighted by Crippen LogP contribution is -2.74. The normalized spacial score (nSPS) is 28.0. The summed E-state index contributed by atoms with van der Waals surface area (Å²) in [5.41, 5.74) is 2.00. The third kappa shape index (κ3) is 5.10. The fraction of sp³-hybridized carbons (Fsp3) is 0.545. The predicted octanol–water partition coefficient (Wildman–Crippen LogP) is 4.92. The quantitative estimate of drug-likeness (QED) is 0.495. The van der Waals surface area contributed by atoms with Gasteiger partial charge >= 0.3 is 0 Å². The minimum absolute atomic E-state index is 0.0175. The van der Waals surface area contributed by atoms with E-state index in [9.17, 15) is 10.1 Å². The van der Waals surface area contributed by atoms with Crippen LogP contribution in [0.5, 0.6) is 5.75 Å². The van der Waals surface area contributed by atoms with Crippen LogP contribution in [0.2, 0.25) is 5.02 Å². The molecule has 0 unspecified atom stereocenters. The molecule has 41 heavy (non-hydrogen) atoms. The van der Waals surface area contributed by atoms with Crippen molar-refractivity contribution in [3.63, 3.8) is 0 Å². The molecule has 0 spiro atoms. The average Bonchev–Trinajstić information content (AvgIpc) is 3.23. The minimum Gasteiger partial charge on any atom is -0.489 e. The Bertz CT molecular complexity index is 1440. The molecule has 6 rings (SSSR count). The van der Waals surface area contributed by atoms with E-state index in [0.717, 1.165) is 37.3 Å². The third-order valence-electron chi connectivity index (χ3n) is 9.53. The van der Waals surface area contributed by atoms with E-state index in [1.807, 2.05) is 17.0 Å². The molecule has 3 fully saturated rings. The van der Waals surface area contributed by atoms with Gasteiger partial charge in [0.05, 0.1) is 28.4 Å². The number of hydrogen-bond donors (Lipinski definition) is 2. The summed E-state index contributed by atoms with van der Waals surface area (Å²) in [4.78, 5) is 20.3. The molecule has 2 aliphatic heterocycles. The van der Waals surface area contributed by atoms with Crippen molar-refractivity contribution in [1.82, 2.24) is 20.5 Å². The van der Waals surface area contributed by atoms with E-state index >= 15 is 0 Å². The highest BCUT2D eigenvalue weighted by molar-refractivity contribution is 6.31. The molecule has 7 nitrogen and oxygen atoms in total. The number of rotatable bonds is 5. The van der Waals surface area contributed by atoms with Crippen LogP contribution >= 0.6 is 11.6 Å².